The molecule has 0 saturated carbocycles. The molecule has 0 aliphatic rings. The predicted octanol–water partition coefficient (Wildman–Crippen LogP) is 4.48. The topological polar surface area (TPSA) is 38.3 Å². The number of alkyl halides is 1. The third-order valence-corrected chi connectivity index (χ3v) is 3.25. The van der Waals surface area contributed by atoms with Gasteiger partial charge in [-0.3, -0.25) is 4.79 Å². The molecule has 21 heavy (non-hydrogen) atoms. The number of benzene rings is 1. The molecule has 0 unspecified atom stereocenters. The van der Waals surface area contributed by atoms with Crippen LogP contribution in [0.2, 0.25) is 0 Å². The van der Waals surface area contributed by atoms with Gasteiger partial charge in [-0.05, 0) is 31.7 Å². The first-order valence-electron chi connectivity index (χ1n) is 7.17. The summed E-state index contributed by atoms with van der Waals surface area (Å²) in [5.41, 5.74) is 2.56. The molecule has 4 heteroatoms. The van der Waals surface area contributed by atoms with Crippen molar-refractivity contribution in [2.75, 3.05) is 11.2 Å². The van der Waals surface area contributed by atoms with Crippen LogP contribution in [-0.4, -0.2) is 17.4 Å². The predicted molar refractivity (Wildman–Crippen MR) is 89.0 cm³/mol. The van der Waals surface area contributed by atoms with E-state index in [1.54, 1.807) is 0 Å². The first-order valence-corrected chi connectivity index (χ1v) is 7.70. The lowest BCUT2D eigenvalue weighted by molar-refractivity contribution is -0.113. The highest BCUT2D eigenvalue weighted by Crippen LogP contribution is 2.33. The highest BCUT2D eigenvalue weighted by Gasteiger charge is 2.22. The average molecular weight is 312 g/mol. The Morgan fingerprint density at radius 3 is 2.29 bits per heavy atom. The lowest BCUT2D eigenvalue weighted by atomic mass is 9.84. The van der Waals surface area contributed by atoms with Gasteiger partial charge in [0, 0.05) is 5.56 Å². The second-order valence-corrected chi connectivity index (χ2v) is 7.44. The molecule has 1 N–H and O–H groups in total. The highest BCUT2D eigenvalue weighted by atomic mass is 35.5. The Bertz CT molecular complexity index is 498. The fraction of sp³-hybridized carbons (Fsp3) is 0.588. The maximum absolute atomic E-state index is 11.7. The van der Waals surface area contributed by atoms with E-state index in [4.69, 9.17) is 16.3 Å². The van der Waals surface area contributed by atoms with Gasteiger partial charge < -0.3 is 10.1 Å². The van der Waals surface area contributed by atoms with E-state index in [-0.39, 0.29) is 22.8 Å². The quantitative estimate of drug-likeness (QED) is 0.833. The molecule has 0 aromatic heterocycles. The van der Waals surface area contributed by atoms with E-state index in [1.807, 2.05) is 39.0 Å². The van der Waals surface area contributed by atoms with Crippen molar-refractivity contribution in [3.8, 4) is 0 Å². The first kappa shape index (κ1) is 18.0. The number of anilines is 1. The Labute approximate surface area is 133 Å². The van der Waals surface area contributed by atoms with Crippen LogP contribution in [0.1, 0.15) is 52.7 Å². The molecule has 3 nitrogen and oxygen atoms in total. The molecule has 0 fully saturated rings. The van der Waals surface area contributed by atoms with Gasteiger partial charge in [-0.25, -0.2) is 0 Å². The van der Waals surface area contributed by atoms with Crippen molar-refractivity contribution in [2.24, 2.45) is 0 Å². The highest BCUT2D eigenvalue weighted by molar-refractivity contribution is 6.29. The van der Waals surface area contributed by atoms with Crippen LogP contribution in [-0.2, 0) is 21.6 Å². The molecule has 0 aliphatic carbocycles. The fourth-order valence-corrected chi connectivity index (χ4v) is 2.03. The second-order valence-electron chi connectivity index (χ2n) is 7.17. The molecular formula is C17H26ClNO2. The molecular weight excluding hydrogens is 286 g/mol. The van der Waals surface area contributed by atoms with E-state index < -0.39 is 0 Å². The van der Waals surface area contributed by atoms with Crippen LogP contribution >= 0.6 is 11.6 Å². The summed E-state index contributed by atoms with van der Waals surface area (Å²) in [6, 6.07) is 6.01. The zero-order chi connectivity index (χ0) is 16.3. The largest absolute Gasteiger partial charge is 0.371 e. The lowest BCUT2D eigenvalue weighted by Gasteiger charge is -2.26. The van der Waals surface area contributed by atoms with Gasteiger partial charge >= 0.3 is 0 Å². The minimum atomic E-state index is -0.231. The standard InChI is InChI=1S/C17H26ClNO2/c1-16(2,3)13-9-7-8-12(11-21-17(4,5)6)15(13)19-14(20)10-18/h7-9H,10-11H2,1-6H3,(H,19,20). The molecule has 1 rings (SSSR count). The van der Waals surface area contributed by atoms with Crippen LogP contribution < -0.4 is 5.32 Å². The smallest absolute Gasteiger partial charge is 0.239 e. The molecule has 1 aromatic carbocycles. The third-order valence-electron chi connectivity index (χ3n) is 3.01. The number of ether oxygens (including phenoxy) is 1. The molecule has 1 amide bonds. The van der Waals surface area contributed by atoms with Gasteiger partial charge in [-0.15, -0.1) is 11.6 Å². The van der Waals surface area contributed by atoms with Crippen LogP contribution in [0.5, 0.6) is 0 Å². The van der Waals surface area contributed by atoms with Crippen molar-refractivity contribution >= 4 is 23.2 Å². The Kier molecular flexibility index (Phi) is 5.83. The zero-order valence-electron chi connectivity index (χ0n) is 13.8. The lowest BCUT2D eigenvalue weighted by Crippen LogP contribution is -2.23. The summed E-state index contributed by atoms with van der Waals surface area (Å²) in [6.45, 7) is 12.8. The van der Waals surface area contributed by atoms with Gasteiger partial charge in [0.15, 0.2) is 0 Å². The summed E-state index contributed by atoms with van der Waals surface area (Å²) in [6.07, 6.45) is 0. The Hall–Kier alpha value is -1.06. The van der Waals surface area contributed by atoms with E-state index in [0.29, 0.717) is 6.61 Å². The molecule has 0 radical (unpaired) electrons. The van der Waals surface area contributed by atoms with Crippen LogP contribution in [0.4, 0.5) is 5.69 Å². The van der Waals surface area contributed by atoms with Gasteiger partial charge in [-0.2, -0.15) is 0 Å². The second kappa shape index (κ2) is 6.80. The molecule has 0 spiro atoms. The number of amides is 1. The Balaban J connectivity index is 3.19. The zero-order valence-corrected chi connectivity index (χ0v) is 14.6. The van der Waals surface area contributed by atoms with E-state index in [9.17, 15) is 4.79 Å². The van der Waals surface area contributed by atoms with Gasteiger partial charge in [0.2, 0.25) is 5.91 Å². The fourth-order valence-electron chi connectivity index (χ4n) is 1.96. The van der Waals surface area contributed by atoms with Crippen molar-refractivity contribution < 1.29 is 9.53 Å². The summed E-state index contributed by atoms with van der Waals surface area (Å²) in [5, 5.41) is 2.92. The van der Waals surface area contributed by atoms with Crippen LogP contribution in [0, 0.1) is 0 Å². The summed E-state index contributed by atoms with van der Waals surface area (Å²) in [5.74, 6) is -0.261. The van der Waals surface area contributed by atoms with E-state index in [2.05, 4.69) is 26.1 Å². The molecule has 0 saturated heterocycles. The monoisotopic (exact) mass is 311 g/mol. The van der Waals surface area contributed by atoms with Crippen molar-refractivity contribution in [1.29, 1.82) is 0 Å². The minimum absolute atomic E-state index is 0.0575. The van der Waals surface area contributed by atoms with Crippen LogP contribution in [0.3, 0.4) is 0 Å². The van der Waals surface area contributed by atoms with E-state index in [1.165, 1.54) is 0 Å². The molecule has 0 atom stereocenters. The summed E-state index contributed by atoms with van der Waals surface area (Å²) in [7, 11) is 0. The number of rotatable bonds is 4. The SMILES string of the molecule is CC(C)(C)OCc1cccc(C(C)(C)C)c1NC(=O)CCl. The number of hydrogen-bond donors (Lipinski definition) is 1. The normalized spacial score (nSPS) is 12.3. The summed E-state index contributed by atoms with van der Waals surface area (Å²) >= 11 is 5.63. The summed E-state index contributed by atoms with van der Waals surface area (Å²) in [4.78, 5) is 11.7. The Morgan fingerprint density at radius 2 is 1.81 bits per heavy atom. The average Bonchev–Trinajstić information content (AvgIpc) is 2.34. The van der Waals surface area contributed by atoms with Gasteiger partial charge in [-0.1, -0.05) is 39.0 Å². The van der Waals surface area contributed by atoms with Crippen LogP contribution in [0.15, 0.2) is 18.2 Å². The maximum Gasteiger partial charge on any atom is 0.239 e. The number of carbonyl (C=O) groups excluding carboxylic acids is 1. The minimum Gasteiger partial charge on any atom is -0.371 e. The number of halogens is 1. The van der Waals surface area contributed by atoms with Crippen molar-refractivity contribution in [3.05, 3.63) is 29.3 Å². The number of para-hydroxylation sites is 1. The van der Waals surface area contributed by atoms with Gasteiger partial charge in [0.05, 0.1) is 17.9 Å². The molecule has 0 aliphatic heterocycles. The summed E-state index contributed by atoms with van der Waals surface area (Å²) < 4.78 is 5.85. The van der Waals surface area contributed by atoms with E-state index in [0.717, 1.165) is 16.8 Å². The number of carbonyl (C=O) groups is 1. The number of hydrogen-bond acceptors (Lipinski definition) is 2. The maximum atomic E-state index is 11.7. The van der Waals surface area contributed by atoms with Crippen molar-refractivity contribution in [3.63, 3.8) is 0 Å². The van der Waals surface area contributed by atoms with Gasteiger partial charge in [0.1, 0.15) is 5.88 Å². The first-order chi connectivity index (χ1) is 9.54. The molecule has 0 bridgehead atoms. The van der Waals surface area contributed by atoms with Crippen LogP contribution in [0.25, 0.3) is 0 Å². The number of nitrogens with one attached hydrogen (secondary N) is 1. The molecule has 0 heterocycles. The Morgan fingerprint density at radius 1 is 1.19 bits per heavy atom. The molecule has 1 aromatic rings. The third kappa shape index (κ3) is 5.68. The van der Waals surface area contributed by atoms with Crippen molar-refractivity contribution in [1.82, 2.24) is 0 Å². The van der Waals surface area contributed by atoms with Crippen molar-refractivity contribution in [2.45, 2.75) is 59.2 Å². The molecule has 118 valence electrons. The van der Waals surface area contributed by atoms with Gasteiger partial charge in [0.25, 0.3) is 0 Å². The van der Waals surface area contributed by atoms with E-state index >= 15 is 0 Å².